The number of rotatable bonds is 4. The van der Waals surface area contributed by atoms with Crippen molar-refractivity contribution in [2.24, 2.45) is 16.8 Å². The Balaban J connectivity index is 0.00000450. The van der Waals surface area contributed by atoms with Gasteiger partial charge in [-0.2, -0.15) is 0 Å². The van der Waals surface area contributed by atoms with Gasteiger partial charge >= 0.3 is 6.09 Å². The molecule has 0 aromatic carbocycles. The monoisotopic (exact) mass is 537 g/mol. The average Bonchev–Trinajstić information content (AvgIpc) is 2.68. The number of piperidine rings is 2. The van der Waals surface area contributed by atoms with Crippen LogP contribution < -0.4 is 10.6 Å². The number of hydrogen-bond donors (Lipinski definition) is 2. The van der Waals surface area contributed by atoms with E-state index in [9.17, 15) is 9.59 Å². The summed E-state index contributed by atoms with van der Waals surface area (Å²) >= 11 is 0. The molecule has 2 amide bonds. The average molecular weight is 537 g/mol. The lowest BCUT2D eigenvalue weighted by Crippen LogP contribution is -2.48. The van der Waals surface area contributed by atoms with Crippen LogP contribution in [0, 0.1) is 11.8 Å². The molecule has 9 heteroatoms. The molecule has 0 saturated carbocycles. The molecule has 2 rings (SSSR count). The predicted octanol–water partition coefficient (Wildman–Crippen LogP) is 2.68. The van der Waals surface area contributed by atoms with E-state index in [0.717, 1.165) is 64.4 Å². The fraction of sp³-hybridized carbons (Fsp3) is 0.857. The second kappa shape index (κ2) is 12.6. The molecule has 0 aliphatic carbocycles. The van der Waals surface area contributed by atoms with Gasteiger partial charge in [0.25, 0.3) is 0 Å². The number of nitrogens with zero attached hydrogens (tertiary/aromatic N) is 3. The smallest absolute Gasteiger partial charge is 0.410 e. The number of guanidine groups is 1. The summed E-state index contributed by atoms with van der Waals surface area (Å²) in [6, 6.07) is 0. The van der Waals surface area contributed by atoms with Crippen LogP contribution in [-0.2, 0) is 9.53 Å². The first kappa shape index (κ1) is 26.8. The van der Waals surface area contributed by atoms with Crippen molar-refractivity contribution in [1.29, 1.82) is 0 Å². The van der Waals surface area contributed by atoms with E-state index in [1.165, 1.54) is 0 Å². The standard InChI is InChI=1S/C21H39N5O3.HI/c1-21(2,3)29-20(28)26-12-8-17(9-13-26)15-24-19(23-5)25-10-6-16(7-11-25)14-18(27)22-4;/h16-17H,6-15H2,1-5H3,(H,22,27)(H,23,24);1H. The van der Waals surface area contributed by atoms with Crippen LogP contribution in [0.2, 0.25) is 0 Å². The van der Waals surface area contributed by atoms with Crippen molar-refractivity contribution >= 4 is 41.9 Å². The molecule has 0 aromatic rings. The van der Waals surface area contributed by atoms with Crippen LogP contribution in [0.25, 0.3) is 0 Å². The number of hydrogen-bond acceptors (Lipinski definition) is 4. The van der Waals surface area contributed by atoms with Crippen LogP contribution in [0.1, 0.15) is 52.9 Å². The lowest BCUT2D eigenvalue weighted by atomic mass is 9.93. The zero-order chi connectivity index (χ0) is 21.4. The second-order valence-electron chi connectivity index (χ2n) is 9.15. The Bertz CT molecular complexity index is 578. The summed E-state index contributed by atoms with van der Waals surface area (Å²) < 4.78 is 5.47. The molecule has 0 aromatic heterocycles. The summed E-state index contributed by atoms with van der Waals surface area (Å²) in [5.74, 6) is 2.05. The zero-order valence-corrected chi connectivity index (χ0v) is 21.5. The maximum Gasteiger partial charge on any atom is 0.410 e. The number of nitrogens with one attached hydrogen (secondary N) is 2. The van der Waals surface area contributed by atoms with Crippen LogP contribution in [0.3, 0.4) is 0 Å². The molecule has 0 bridgehead atoms. The lowest BCUT2D eigenvalue weighted by Gasteiger charge is -2.36. The topological polar surface area (TPSA) is 86.3 Å². The van der Waals surface area contributed by atoms with Gasteiger partial charge in [-0.3, -0.25) is 9.79 Å². The molecule has 174 valence electrons. The third kappa shape index (κ3) is 8.85. The largest absolute Gasteiger partial charge is 0.444 e. The molecular formula is C21H40IN5O3. The second-order valence-corrected chi connectivity index (χ2v) is 9.15. The number of ether oxygens (including phenoxy) is 1. The van der Waals surface area contributed by atoms with Crippen molar-refractivity contribution < 1.29 is 14.3 Å². The van der Waals surface area contributed by atoms with Crippen LogP contribution in [0.15, 0.2) is 4.99 Å². The number of amides is 2. The van der Waals surface area contributed by atoms with Gasteiger partial charge in [-0.1, -0.05) is 0 Å². The van der Waals surface area contributed by atoms with E-state index in [0.29, 0.717) is 18.3 Å². The van der Waals surface area contributed by atoms with Gasteiger partial charge in [0.1, 0.15) is 5.60 Å². The minimum Gasteiger partial charge on any atom is -0.444 e. The zero-order valence-electron chi connectivity index (χ0n) is 19.2. The summed E-state index contributed by atoms with van der Waals surface area (Å²) in [6.07, 6.45) is 4.38. The van der Waals surface area contributed by atoms with Crippen molar-refractivity contribution in [3.05, 3.63) is 0 Å². The van der Waals surface area contributed by atoms with E-state index in [1.807, 2.05) is 32.7 Å². The first-order chi connectivity index (χ1) is 13.7. The number of carbonyl (C=O) groups excluding carboxylic acids is 2. The van der Waals surface area contributed by atoms with Gasteiger partial charge in [-0.15, -0.1) is 24.0 Å². The molecule has 2 heterocycles. The minimum absolute atomic E-state index is 0. The van der Waals surface area contributed by atoms with E-state index in [4.69, 9.17) is 4.74 Å². The number of likely N-dealkylation sites (tertiary alicyclic amines) is 2. The highest BCUT2D eigenvalue weighted by Gasteiger charge is 2.28. The van der Waals surface area contributed by atoms with Gasteiger partial charge in [0.2, 0.25) is 5.91 Å². The molecule has 30 heavy (non-hydrogen) atoms. The van der Waals surface area contributed by atoms with Gasteiger partial charge in [-0.25, -0.2) is 4.79 Å². The maximum absolute atomic E-state index is 12.2. The summed E-state index contributed by atoms with van der Waals surface area (Å²) in [7, 11) is 3.52. The summed E-state index contributed by atoms with van der Waals surface area (Å²) in [5.41, 5.74) is -0.449. The van der Waals surface area contributed by atoms with E-state index in [2.05, 4.69) is 20.5 Å². The number of aliphatic imine (C=N–C) groups is 1. The van der Waals surface area contributed by atoms with Crippen LogP contribution in [-0.4, -0.2) is 80.2 Å². The van der Waals surface area contributed by atoms with Crippen molar-refractivity contribution in [1.82, 2.24) is 20.4 Å². The Morgan fingerprint density at radius 3 is 2.03 bits per heavy atom. The highest BCUT2D eigenvalue weighted by Crippen LogP contribution is 2.21. The molecule has 2 N–H and O–H groups in total. The molecule has 0 atom stereocenters. The third-order valence-electron chi connectivity index (χ3n) is 5.69. The van der Waals surface area contributed by atoms with Gasteiger partial charge in [-0.05, 0) is 58.3 Å². The molecule has 0 radical (unpaired) electrons. The van der Waals surface area contributed by atoms with Crippen molar-refractivity contribution in [2.45, 2.75) is 58.5 Å². The normalized spacial score (nSPS) is 19.2. The van der Waals surface area contributed by atoms with Crippen molar-refractivity contribution in [3.63, 3.8) is 0 Å². The highest BCUT2D eigenvalue weighted by molar-refractivity contribution is 14.0. The Kier molecular flexibility index (Phi) is 11.2. The SMILES string of the molecule is CN=C(NCC1CCN(C(=O)OC(C)(C)C)CC1)N1CCC(CC(=O)NC)CC1.I. The first-order valence-electron chi connectivity index (χ1n) is 10.9. The highest BCUT2D eigenvalue weighted by atomic mass is 127. The van der Waals surface area contributed by atoms with Gasteiger partial charge in [0.15, 0.2) is 5.96 Å². The Morgan fingerprint density at radius 1 is 1.00 bits per heavy atom. The molecule has 2 aliphatic rings. The predicted molar refractivity (Wildman–Crippen MR) is 130 cm³/mol. The molecule has 0 unspecified atom stereocenters. The lowest BCUT2D eigenvalue weighted by molar-refractivity contribution is -0.121. The van der Waals surface area contributed by atoms with E-state index >= 15 is 0 Å². The Hall–Kier alpha value is -1.26. The molecule has 2 aliphatic heterocycles. The van der Waals surface area contributed by atoms with Crippen molar-refractivity contribution in [3.8, 4) is 0 Å². The molecule has 2 fully saturated rings. The molecule has 2 saturated heterocycles. The molecule has 8 nitrogen and oxygen atoms in total. The van der Waals surface area contributed by atoms with Gasteiger partial charge < -0.3 is 25.2 Å². The van der Waals surface area contributed by atoms with E-state index in [-0.39, 0.29) is 36.0 Å². The number of halogens is 1. The maximum atomic E-state index is 12.2. The minimum atomic E-state index is -0.449. The Labute approximate surface area is 198 Å². The summed E-state index contributed by atoms with van der Waals surface area (Å²) in [4.78, 5) is 32.3. The number of carbonyl (C=O) groups is 2. The summed E-state index contributed by atoms with van der Waals surface area (Å²) in [5, 5.41) is 6.23. The fourth-order valence-corrected chi connectivity index (χ4v) is 3.93. The van der Waals surface area contributed by atoms with Crippen LogP contribution in [0.4, 0.5) is 4.79 Å². The van der Waals surface area contributed by atoms with Crippen LogP contribution in [0.5, 0.6) is 0 Å². The quantitative estimate of drug-likeness (QED) is 0.327. The third-order valence-corrected chi connectivity index (χ3v) is 5.69. The molecule has 0 spiro atoms. The van der Waals surface area contributed by atoms with E-state index < -0.39 is 5.60 Å². The first-order valence-corrected chi connectivity index (χ1v) is 10.9. The summed E-state index contributed by atoms with van der Waals surface area (Å²) in [6.45, 7) is 9.90. The van der Waals surface area contributed by atoms with Crippen molar-refractivity contribution in [2.75, 3.05) is 46.8 Å². The van der Waals surface area contributed by atoms with E-state index in [1.54, 1.807) is 7.05 Å². The fourth-order valence-electron chi connectivity index (χ4n) is 3.93. The Morgan fingerprint density at radius 2 is 1.53 bits per heavy atom. The molecular weight excluding hydrogens is 497 g/mol. The van der Waals surface area contributed by atoms with Crippen LogP contribution >= 0.6 is 24.0 Å². The van der Waals surface area contributed by atoms with Gasteiger partial charge in [0.05, 0.1) is 0 Å². The van der Waals surface area contributed by atoms with Gasteiger partial charge in [0, 0.05) is 53.2 Å².